The number of allylic oxidation sites excluding steroid dienone is 1. The maximum Gasteiger partial charge on any atom is -0.00262 e. The van der Waals surface area contributed by atoms with Gasteiger partial charge in [0.05, 0.1) is 0 Å². The number of hydrogen-bond donors (Lipinski definition) is 0. The van der Waals surface area contributed by atoms with Gasteiger partial charge in [-0.1, -0.05) is 189 Å². The van der Waals surface area contributed by atoms with Gasteiger partial charge in [0.2, 0.25) is 0 Å². The molecule has 10 aromatic rings. The third-order valence-corrected chi connectivity index (χ3v) is 11.2. The first-order valence-corrected chi connectivity index (χ1v) is 19.1. The van der Waals surface area contributed by atoms with Crippen LogP contribution in [0.1, 0.15) is 5.56 Å². The van der Waals surface area contributed by atoms with E-state index >= 15 is 0 Å². The summed E-state index contributed by atoms with van der Waals surface area (Å²) >= 11 is 0. The minimum atomic E-state index is 0.872. The van der Waals surface area contributed by atoms with E-state index in [0.717, 1.165) is 6.42 Å². The molecule has 0 bridgehead atoms. The Bertz CT molecular complexity index is 3200. The average molecular weight is 699 g/mol. The summed E-state index contributed by atoms with van der Waals surface area (Å²) in [6.07, 6.45) is 7.10. The lowest BCUT2D eigenvalue weighted by atomic mass is 9.85. The molecule has 10 rings (SSSR count). The molecule has 0 radical (unpaired) electrons. The molecule has 0 aliphatic rings. The number of hydrogen-bond acceptors (Lipinski definition) is 0. The van der Waals surface area contributed by atoms with Gasteiger partial charge >= 0.3 is 0 Å². The largest absolute Gasteiger partial charge is 0.0990 e. The zero-order valence-electron chi connectivity index (χ0n) is 30.5. The SMILES string of the molecule is C=C/C=c1/cccc/c1=C/Cc1ccc2cc(-c3c4ccccc4c(-c4ccc5cc(-c6ccc7ccccc7c6)ccc5c4)c4ccccc34)ccc2c1. The minimum Gasteiger partial charge on any atom is -0.0990 e. The Balaban J connectivity index is 1.05. The van der Waals surface area contributed by atoms with Crippen molar-refractivity contribution in [1.82, 2.24) is 0 Å². The second kappa shape index (κ2) is 13.8. The van der Waals surface area contributed by atoms with Crippen LogP contribution in [0.3, 0.4) is 0 Å². The molecule has 0 heterocycles. The molecule has 0 unspecified atom stereocenters. The first-order chi connectivity index (χ1) is 27.2. The van der Waals surface area contributed by atoms with Crippen LogP contribution in [0.25, 0.3) is 99.4 Å². The Morgan fingerprint density at radius 1 is 0.345 bits per heavy atom. The Morgan fingerprint density at radius 2 is 0.745 bits per heavy atom. The first kappa shape index (κ1) is 32.6. The van der Waals surface area contributed by atoms with Gasteiger partial charge in [-0.3, -0.25) is 0 Å². The lowest BCUT2D eigenvalue weighted by Crippen LogP contribution is -2.23. The van der Waals surface area contributed by atoms with Crippen LogP contribution in [-0.2, 0) is 6.42 Å². The molecule has 0 saturated carbocycles. The number of fused-ring (bicyclic) bond motifs is 5. The maximum atomic E-state index is 3.89. The molecular formula is C55H38. The summed E-state index contributed by atoms with van der Waals surface area (Å²) in [4.78, 5) is 0. The van der Waals surface area contributed by atoms with Crippen LogP contribution in [0.4, 0.5) is 0 Å². The van der Waals surface area contributed by atoms with Crippen molar-refractivity contribution in [3.8, 4) is 33.4 Å². The van der Waals surface area contributed by atoms with E-state index in [1.807, 2.05) is 6.08 Å². The van der Waals surface area contributed by atoms with Gasteiger partial charge in [-0.2, -0.15) is 0 Å². The topological polar surface area (TPSA) is 0 Å². The van der Waals surface area contributed by atoms with E-state index in [1.54, 1.807) is 0 Å². The molecule has 0 atom stereocenters. The highest BCUT2D eigenvalue weighted by Gasteiger charge is 2.17. The summed E-state index contributed by atoms with van der Waals surface area (Å²) in [5.74, 6) is 0. The van der Waals surface area contributed by atoms with E-state index in [4.69, 9.17) is 0 Å². The molecule has 0 spiro atoms. The van der Waals surface area contributed by atoms with E-state index in [-0.39, 0.29) is 0 Å². The van der Waals surface area contributed by atoms with Gasteiger partial charge in [-0.25, -0.2) is 0 Å². The highest BCUT2D eigenvalue weighted by Crippen LogP contribution is 2.44. The Hall–Kier alpha value is -7.02. The van der Waals surface area contributed by atoms with Crippen molar-refractivity contribution in [2.24, 2.45) is 0 Å². The molecular weight excluding hydrogens is 661 g/mol. The second-order valence-electron chi connectivity index (χ2n) is 14.5. The van der Waals surface area contributed by atoms with Crippen molar-refractivity contribution in [3.63, 3.8) is 0 Å². The monoisotopic (exact) mass is 698 g/mol. The summed E-state index contributed by atoms with van der Waals surface area (Å²) in [5.41, 5.74) is 8.81. The first-order valence-electron chi connectivity index (χ1n) is 19.1. The fourth-order valence-corrected chi connectivity index (χ4v) is 8.48. The van der Waals surface area contributed by atoms with Crippen molar-refractivity contribution in [2.75, 3.05) is 0 Å². The standard InChI is InChI=1S/C55H38/c1-2-11-38-12-3-4-13-39(38)22-20-37-21-23-43-35-48(30-28-42(43)32-37)54-50-16-7-9-18-52(50)55(53-19-10-8-17-51(53)54)49-31-29-46-34-45(26-27-47(46)36-49)44-25-24-40-14-5-6-15-41(40)33-44/h2-19,21-36H,1,20H2/b38-11-,39-22-. The fraction of sp³-hybridized carbons (Fsp3) is 0.0182. The summed E-state index contributed by atoms with van der Waals surface area (Å²) in [6.45, 7) is 3.89. The predicted octanol–water partition coefficient (Wildman–Crippen LogP) is 13.4. The van der Waals surface area contributed by atoms with Crippen LogP contribution < -0.4 is 10.4 Å². The smallest absolute Gasteiger partial charge is 0.00262 e. The molecule has 0 amide bonds. The highest BCUT2D eigenvalue weighted by molar-refractivity contribution is 6.22. The van der Waals surface area contributed by atoms with Gasteiger partial charge in [-0.15, -0.1) is 0 Å². The van der Waals surface area contributed by atoms with Crippen molar-refractivity contribution < 1.29 is 0 Å². The molecule has 0 saturated heterocycles. The molecule has 258 valence electrons. The molecule has 10 aromatic carbocycles. The van der Waals surface area contributed by atoms with Gasteiger partial charge in [-0.05, 0) is 134 Å². The molecule has 0 fully saturated rings. The summed E-state index contributed by atoms with van der Waals surface area (Å²) in [5, 5.41) is 15.0. The summed E-state index contributed by atoms with van der Waals surface area (Å²) in [6, 6.07) is 69.4. The lowest BCUT2D eigenvalue weighted by molar-refractivity contribution is 1.33. The average Bonchev–Trinajstić information content (AvgIpc) is 3.24. The van der Waals surface area contributed by atoms with Crippen LogP contribution in [0, 0.1) is 0 Å². The molecule has 0 aliphatic heterocycles. The van der Waals surface area contributed by atoms with Crippen molar-refractivity contribution in [1.29, 1.82) is 0 Å². The Labute approximate surface area is 321 Å². The molecule has 0 aliphatic carbocycles. The Morgan fingerprint density at radius 3 is 1.31 bits per heavy atom. The van der Waals surface area contributed by atoms with Gasteiger partial charge in [0.25, 0.3) is 0 Å². The molecule has 0 nitrogen and oxygen atoms in total. The molecule has 0 N–H and O–H groups in total. The van der Waals surface area contributed by atoms with Crippen molar-refractivity contribution >= 4 is 66.0 Å². The minimum absolute atomic E-state index is 0.872. The van der Waals surface area contributed by atoms with Gasteiger partial charge < -0.3 is 0 Å². The third-order valence-electron chi connectivity index (χ3n) is 11.2. The third kappa shape index (κ3) is 5.99. The highest BCUT2D eigenvalue weighted by atomic mass is 14.2. The van der Waals surface area contributed by atoms with Crippen molar-refractivity contribution in [3.05, 3.63) is 217 Å². The predicted molar refractivity (Wildman–Crippen MR) is 239 cm³/mol. The normalized spacial score (nSPS) is 12.4. The zero-order valence-corrected chi connectivity index (χ0v) is 30.5. The van der Waals surface area contributed by atoms with Gasteiger partial charge in [0, 0.05) is 0 Å². The van der Waals surface area contributed by atoms with E-state index in [0.29, 0.717) is 0 Å². The molecule has 55 heavy (non-hydrogen) atoms. The summed E-state index contributed by atoms with van der Waals surface area (Å²) < 4.78 is 0. The van der Waals surface area contributed by atoms with E-state index in [9.17, 15) is 0 Å². The van der Waals surface area contributed by atoms with Gasteiger partial charge in [0.15, 0.2) is 0 Å². The van der Waals surface area contributed by atoms with Crippen LogP contribution >= 0.6 is 0 Å². The van der Waals surface area contributed by atoms with E-state index in [2.05, 4.69) is 207 Å². The lowest BCUT2D eigenvalue weighted by Gasteiger charge is -2.18. The fourth-order valence-electron chi connectivity index (χ4n) is 8.48. The van der Waals surface area contributed by atoms with Gasteiger partial charge in [0.1, 0.15) is 0 Å². The Kier molecular flexibility index (Phi) is 8.16. The molecule has 0 heteroatoms. The van der Waals surface area contributed by atoms with Crippen LogP contribution in [0.5, 0.6) is 0 Å². The molecule has 0 aromatic heterocycles. The number of rotatable bonds is 6. The maximum absolute atomic E-state index is 3.89. The van der Waals surface area contributed by atoms with E-state index in [1.165, 1.54) is 103 Å². The van der Waals surface area contributed by atoms with Crippen LogP contribution in [-0.4, -0.2) is 0 Å². The van der Waals surface area contributed by atoms with Crippen LogP contribution in [0.2, 0.25) is 0 Å². The summed E-state index contributed by atoms with van der Waals surface area (Å²) in [7, 11) is 0. The van der Waals surface area contributed by atoms with Crippen molar-refractivity contribution in [2.45, 2.75) is 6.42 Å². The van der Waals surface area contributed by atoms with Crippen LogP contribution in [0.15, 0.2) is 201 Å². The van der Waals surface area contributed by atoms with E-state index < -0.39 is 0 Å². The quantitative estimate of drug-likeness (QED) is 0.152. The second-order valence-corrected chi connectivity index (χ2v) is 14.5. The zero-order chi connectivity index (χ0) is 36.7. The number of benzene rings is 10.